The third kappa shape index (κ3) is 7.25. The highest BCUT2D eigenvalue weighted by molar-refractivity contribution is 6.42. The van der Waals surface area contributed by atoms with Crippen LogP contribution in [0.25, 0.3) is 0 Å². The van der Waals surface area contributed by atoms with Gasteiger partial charge in [0.15, 0.2) is 11.6 Å². The van der Waals surface area contributed by atoms with Crippen LogP contribution in [0.2, 0.25) is 10.0 Å². The van der Waals surface area contributed by atoms with Crippen molar-refractivity contribution >= 4 is 52.4 Å². The van der Waals surface area contributed by atoms with Crippen LogP contribution in [0.4, 0.5) is 10.1 Å². The molecule has 42 heavy (non-hydrogen) atoms. The molecule has 4 rings (SSSR count). The van der Waals surface area contributed by atoms with Gasteiger partial charge in [-0.25, -0.2) is 4.39 Å². The predicted octanol–water partition coefficient (Wildman–Crippen LogP) is 4.23. The number of Topliss-reactive ketones (excluding diaryl/α,β-unsaturated/α-hetero) is 1. The zero-order chi connectivity index (χ0) is 30.4. The van der Waals surface area contributed by atoms with Gasteiger partial charge in [-0.15, -0.1) is 0 Å². The number of nitrogens with two attached hydrogens (primary N) is 1. The first kappa shape index (κ1) is 31.0. The summed E-state index contributed by atoms with van der Waals surface area (Å²) in [6.45, 7) is 0.0433. The first-order valence-corrected chi connectivity index (χ1v) is 14.0. The molecule has 220 valence electrons. The van der Waals surface area contributed by atoms with Crippen LogP contribution in [0, 0.1) is 5.82 Å². The molecule has 0 unspecified atom stereocenters. The van der Waals surface area contributed by atoms with Gasteiger partial charge in [-0.2, -0.15) is 0 Å². The minimum Gasteiger partial charge on any atom is -0.508 e. The van der Waals surface area contributed by atoms with E-state index in [4.69, 9.17) is 28.9 Å². The lowest BCUT2D eigenvalue weighted by Crippen LogP contribution is -2.56. The van der Waals surface area contributed by atoms with Gasteiger partial charge in [-0.1, -0.05) is 59.6 Å². The molecule has 0 bridgehead atoms. The fraction of sp³-hybridized carbons (Fsp3) is 0.267. The van der Waals surface area contributed by atoms with Gasteiger partial charge in [0, 0.05) is 31.4 Å². The fourth-order valence-electron chi connectivity index (χ4n) is 4.75. The van der Waals surface area contributed by atoms with Crippen LogP contribution < -0.4 is 16.4 Å². The summed E-state index contributed by atoms with van der Waals surface area (Å²) in [6.07, 6.45) is -0.0710. The van der Waals surface area contributed by atoms with E-state index in [2.05, 4.69) is 10.6 Å². The number of aromatic hydroxyl groups is 1. The van der Waals surface area contributed by atoms with Crippen molar-refractivity contribution in [1.82, 2.24) is 10.2 Å². The number of carbonyl (C=O) groups is 4. The lowest BCUT2D eigenvalue weighted by molar-refractivity contribution is -0.142. The Balaban J connectivity index is 1.52. The molecule has 0 saturated carbocycles. The number of nitrogens with one attached hydrogen (secondary N) is 2. The molecule has 0 aromatic heterocycles. The van der Waals surface area contributed by atoms with E-state index in [0.29, 0.717) is 11.1 Å². The number of hydrogen-bond acceptors (Lipinski definition) is 6. The van der Waals surface area contributed by atoms with Crippen LogP contribution in [-0.2, 0) is 27.3 Å². The van der Waals surface area contributed by atoms with Crippen molar-refractivity contribution < 1.29 is 28.7 Å². The predicted molar refractivity (Wildman–Crippen MR) is 157 cm³/mol. The summed E-state index contributed by atoms with van der Waals surface area (Å²) < 4.78 is 14.5. The third-order valence-electron chi connectivity index (χ3n) is 6.99. The van der Waals surface area contributed by atoms with Crippen molar-refractivity contribution in [3.05, 3.63) is 93.2 Å². The molecule has 12 heteroatoms. The molecule has 3 aromatic rings. The second kappa shape index (κ2) is 13.8. The van der Waals surface area contributed by atoms with Gasteiger partial charge in [0.25, 0.3) is 0 Å². The average molecular weight is 615 g/mol. The van der Waals surface area contributed by atoms with Gasteiger partial charge in [-0.05, 0) is 48.4 Å². The Morgan fingerprint density at radius 1 is 1.02 bits per heavy atom. The Bertz CT molecular complexity index is 1500. The largest absolute Gasteiger partial charge is 0.508 e. The Kier molecular flexibility index (Phi) is 10.2. The Morgan fingerprint density at radius 3 is 2.48 bits per heavy atom. The Hall–Kier alpha value is -3.99. The van der Waals surface area contributed by atoms with E-state index in [1.165, 1.54) is 29.2 Å². The zero-order valence-electron chi connectivity index (χ0n) is 22.4. The summed E-state index contributed by atoms with van der Waals surface area (Å²) in [6, 6.07) is 13.6. The minimum atomic E-state index is -1.16. The molecule has 3 aromatic carbocycles. The molecular formula is C30H29Cl2FN4O5. The SMILES string of the molecule is NCC[C@H](NC(=O)[C@@H]1Cc2ccc(O)cc2CN1C(=O)CCC(=O)c1ccccc1)C(=O)Nc1ccc(Cl)c(Cl)c1F. The lowest BCUT2D eigenvalue weighted by Gasteiger charge is -2.37. The molecule has 9 nitrogen and oxygen atoms in total. The quantitative estimate of drug-likeness (QED) is 0.199. The highest BCUT2D eigenvalue weighted by Crippen LogP contribution is 2.30. The lowest BCUT2D eigenvalue weighted by atomic mass is 9.92. The summed E-state index contributed by atoms with van der Waals surface area (Å²) in [5.41, 5.74) is 7.35. The first-order chi connectivity index (χ1) is 20.1. The number of phenols is 1. The zero-order valence-corrected chi connectivity index (χ0v) is 23.9. The maximum absolute atomic E-state index is 14.5. The molecule has 1 aliphatic heterocycles. The summed E-state index contributed by atoms with van der Waals surface area (Å²) >= 11 is 11.7. The molecule has 0 radical (unpaired) electrons. The number of ketones is 1. The van der Waals surface area contributed by atoms with Gasteiger partial charge in [-0.3, -0.25) is 19.2 Å². The summed E-state index contributed by atoms with van der Waals surface area (Å²) in [4.78, 5) is 54.0. The number of anilines is 1. The number of nitrogens with zero attached hydrogens (tertiary/aromatic N) is 1. The van der Waals surface area contributed by atoms with Crippen molar-refractivity contribution in [1.29, 1.82) is 0 Å². The number of amides is 3. The molecule has 3 amide bonds. The summed E-state index contributed by atoms with van der Waals surface area (Å²) in [5.74, 6) is -2.93. The maximum Gasteiger partial charge on any atom is 0.247 e. The maximum atomic E-state index is 14.5. The number of carbonyl (C=O) groups excluding carboxylic acids is 4. The number of hydrogen-bond donors (Lipinski definition) is 4. The van der Waals surface area contributed by atoms with Crippen molar-refractivity contribution in [3.63, 3.8) is 0 Å². The van der Waals surface area contributed by atoms with Crippen LogP contribution in [0.5, 0.6) is 5.75 Å². The first-order valence-electron chi connectivity index (χ1n) is 13.2. The number of phenolic OH excluding ortho intramolecular Hbond substituents is 1. The molecule has 0 fully saturated rings. The van der Waals surface area contributed by atoms with Gasteiger partial charge in [0.2, 0.25) is 17.7 Å². The topological polar surface area (TPSA) is 142 Å². The van der Waals surface area contributed by atoms with Crippen molar-refractivity contribution in [2.75, 3.05) is 11.9 Å². The summed E-state index contributed by atoms with van der Waals surface area (Å²) in [7, 11) is 0. The van der Waals surface area contributed by atoms with E-state index in [0.717, 1.165) is 5.56 Å². The van der Waals surface area contributed by atoms with Crippen LogP contribution >= 0.6 is 23.2 Å². The number of benzene rings is 3. The van der Waals surface area contributed by atoms with Gasteiger partial charge in [0.05, 0.1) is 15.7 Å². The van der Waals surface area contributed by atoms with Crippen LogP contribution in [0.1, 0.15) is 40.7 Å². The normalized spacial score (nSPS) is 15.0. The molecule has 5 N–H and O–H groups in total. The van der Waals surface area contributed by atoms with E-state index in [1.54, 1.807) is 36.4 Å². The highest BCUT2D eigenvalue weighted by atomic mass is 35.5. The molecule has 0 aliphatic carbocycles. The van der Waals surface area contributed by atoms with Crippen LogP contribution in [0.15, 0.2) is 60.7 Å². The third-order valence-corrected chi connectivity index (χ3v) is 7.77. The number of fused-ring (bicyclic) bond motifs is 1. The van der Waals surface area contributed by atoms with Crippen molar-refractivity contribution in [3.8, 4) is 5.75 Å². The van der Waals surface area contributed by atoms with Crippen molar-refractivity contribution in [2.45, 2.75) is 44.3 Å². The van der Waals surface area contributed by atoms with Gasteiger partial charge >= 0.3 is 0 Å². The van der Waals surface area contributed by atoms with E-state index < -0.39 is 35.6 Å². The average Bonchev–Trinajstić information content (AvgIpc) is 2.99. The monoisotopic (exact) mass is 614 g/mol. The standard InChI is InChI=1S/C30H29Cl2FN4O5/c31-21-8-9-22(28(33)27(21)32)35-29(41)23(12-13-34)36-30(42)24-15-18-6-7-20(38)14-19(18)16-37(24)26(40)11-10-25(39)17-4-2-1-3-5-17/h1-9,14,23-24,38H,10-13,15-16,34H2,(H,35,41)(H,36,42)/t23-,24-/m0/s1. The Morgan fingerprint density at radius 2 is 1.76 bits per heavy atom. The highest BCUT2D eigenvalue weighted by Gasteiger charge is 2.36. The molecule has 1 aliphatic rings. The van der Waals surface area contributed by atoms with Gasteiger partial charge in [0.1, 0.15) is 17.8 Å². The number of rotatable bonds is 10. The smallest absolute Gasteiger partial charge is 0.247 e. The molecule has 2 atom stereocenters. The van der Waals surface area contributed by atoms with E-state index in [1.807, 2.05) is 0 Å². The second-order valence-corrected chi connectivity index (χ2v) is 10.6. The number of halogens is 3. The molecular weight excluding hydrogens is 586 g/mol. The van der Waals surface area contributed by atoms with E-state index in [9.17, 15) is 28.7 Å². The minimum absolute atomic E-state index is 0.0116. The molecule has 0 spiro atoms. The van der Waals surface area contributed by atoms with Crippen LogP contribution in [0.3, 0.4) is 0 Å². The van der Waals surface area contributed by atoms with Crippen LogP contribution in [-0.4, -0.2) is 52.1 Å². The van der Waals surface area contributed by atoms with Gasteiger partial charge < -0.3 is 26.4 Å². The fourth-order valence-corrected chi connectivity index (χ4v) is 5.06. The molecule has 1 heterocycles. The Labute approximate surface area is 251 Å². The summed E-state index contributed by atoms with van der Waals surface area (Å²) in [5, 5.41) is 14.6. The van der Waals surface area contributed by atoms with E-state index in [-0.39, 0.29) is 66.0 Å². The van der Waals surface area contributed by atoms with E-state index >= 15 is 0 Å². The second-order valence-electron chi connectivity index (χ2n) is 9.83. The van der Waals surface area contributed by atoms with Crippen molar-refractivity contribution in [2.24, 2.45) is 5.73 Å². The molecule has 0 saturated heterocycles.